The third-order valence-corrected chi connectivity index (χ3v) is 3.02. The largest absolute Gasteiger partial charge is 0.477 e. The number of halogens is 3. The summed E-state index contributed by atoms with van der Waals surface area (Å²) in [5.74, 6) is -1.25. The number of nitrogens with one attached hydrogen (secondary N) is 2. The van der Waals surface area contributed by atoms with Crippen molar-refractivity contribution in [2.75, 3.05) is 6.54 Å². The average molecular weight is 313 g/mol. The number of pyridine rings is 1. The second-order valence-electron chi connectivity index (χ2n) is 3.62. The molecule has 0 saturated carbocycles. The van der Waals surface area contributed by atoms with Crippen molar-refractivity contribution in [3.8, 4) is 0 Å². The molecule has 112 valence electrons. The van der Waals surface area contributed by atoms with Crippen LogP contribution in [0, 0.1) is 0 Å². The zero-order valence-corrected chi connectivity index (χ0v) is 10.6. The van der Waals surface area contributed by atoms with Gasteiger partial charge in [0, 0.05) is 12.7 Å². The predicted octanol–water partition coefficient (Wildman–Crippen LogP) is 0.266. The molecular formula is C9H10F3N3O4S. The quantitative estimate of drug-likeness (QED) is 0.698. The van der Waals surface area contributed by atoms with Crippen LogP contribution in [0.1, 0.15) is 16.1 Å². The van der Waals surface area contributed by atoms with Gasteiger partial charge in [0.25, 0.3) is 10.2 Å². The Labute approximate surface area is 112 Å². The molecule has 0 amide bonds. The molecule has 0 aliphatic carbocycles. The van der Waals surface area contributed by atoms with Crippen LogP contribution in [0.2, 0.25) is 0 Å². The van der Waals surface area contributed by atoms with E-state index >= 15 is 0 Å². The van der Waals surface area contributed by atoms with E-state index in [4.69, 9.17) is 5.11 Å². The number of hydrogen-bond donors (Lipinski definition) is 3. The van der Waals surface area contributed by atoms with Gasteiger partial charge in [-0.25, -0.2) is 9.78 Å². The van der Waals surface area contributed by atoms with Gasteiger partial charge < -0.3 is 5.11 Å². The first-order chi connectivity index (χ1) is 9.09. The van der Waals surface area contributed by atoms with E-state index in [1.807, 2.05) is 4.72 Å². The Morgan fingerprint density at radius 3 is 2.40 bits per heavy atom. The van der Waals surface area contributed by atoms with Crippen molar-refractivity contribution in [3.05, 3.63) is 29.6 Å². The van der Waals surface area contributed by atoms with Crippen LogP contribution in [0.5, 0.6) is 0 Å². The van der Waals surface area contributed by atoms with Crippen LogP contribution in [-0.4, -0.2) is 37.2 Å². The van der Waals surface area contributed by atoms with E-state index in [9.17, 15) is 26.4 Å². The maximum atomic E-state index is 11.8. The number of nitrogens with zero attached hydrogens (tertiary/aromatic N) is 1. The van der Waals surface area contributed by atoms with E-state index in [-0.39, 0.29) is 12.2 Å². The third-order valence-electron chi connectivity index (χ3n) is 1.97. The Bertz CT molecular complexity index is 571. The topological polar surface area (TPSA) is 108 Å². The van der Waals surface area contributed by atoms with Crippen molar-refractivity contribution >= 4 is 16.2 Å². The first-order valence-electron chi connectivity index (χ1n) is 5.08. The zero-order chi connectivity index (χ0) is 15.4. The summed E-state index contributed by atoms with van der Waals surface area (Å²) in [7, 11) is -4.30. The van der Waals surface area contributed by atoms with Crippen molar-refractivity contribution in [1.82, 2.24) is 14.4 Å². The second kappa shape index (κ2) is 6.15. The molecule has 1 heterocycles. The van der Waals surface area contributed by atoms with Crippen molar-refractivity contribution in [3.63, 3.8) is 0 Å². The molecule has 0 spiro atoms. The van der Waals surface area contributed by atoms with Gasteiger partial charge in [-0.2, -0.15) is 31.0 Å². The number of aromatic nitrogens is 1. The minimum absolute atomic E-state index is 0.230. The summed E-state index contributed by atoms with van der Waals surface area (Å²) in [6.07, 6.45) is -3.55. The highest BCUT2D eigenvalue weighted by Gasteiger charge is 2.29. The SMILES string of the molecule is O=C(O)c1ccc(CNS(=O)(=O)NCC(F)(F)F)cn1. The molecule has 0 atom stereocenters. The first kappa shape index (κ1) is 16.3. The monoisotopic (exact) mass is 313 g/mol. The number of aromatic carboxylic acids is 1. The number of carbonyl (C=O) groups is 1. The summed E-state index contributed by atoms with van der Waals surface area (Å²) in [5.41, 5.74) is 0.0687. The minimum Gasteiger partial charge on any atom is -0.477 e. The molecule has 0 radical (unpaired) electrons. The lowest BCUT2D eigenvalue weighted by Crippen LogP contribution is -2.41. The summed E-state index contributed by atoms with van der Waals surface area (Å²) < 4.78 is 61.1. The molecule has 0 aliphatic rings. The molecule has 11 heteroatoms. The third kappa shape index (κ3) is 5.95. The first-order valence-corrected chi connectivity index (χ1v) is 6.56. The number of alkyl halides is 3. The fourth-order valence-electron chi connectivity index (χ4n) is 1.06. The van der Waals surface area contributed by atoms with E-state index in [2.05, 4.69) is 4.98 Å². The van der Waals surface area contributed by atoms with Gasteiger partial charge in [0.2, 0.25) is 0 Å². The van der Waals surface area contributed by atoms with Crippen LogP contribution in [0.25, 0.3) is 0 Å². The van der Waals surface area contributed by atoms with Gasteiger partial charge in [-0.1, -0.05) is 6.07 Å². The highest BCUT2D eigenvalue weighted by molar-refractivity contribution is 7.87. The molecule has 0 saturated heterocycles. The van der Waals surface area contributed by atoms with Crippen LogP contribution in [0.3, 0.4) is 0 Å². The van der Waals surface area contributed by atoms with E-state index < -0.39 is 28.9 Å². The fourth-order valence-corrected chi connectivity index (χ4v) is 1.87. The van der Waals surface area contributed by atoms with Gasteiger partial charge in [0.1, 0.15) is 12.2 Å². The van der Waals surface area contributed by atoms with Gasteiger partial charge in [-0.05, 0) is 11.6 Å². The molecule has 1 aromatic heterocycles. The minimum atomic E-state index is -4.65. The van der Waals surface area contributed by atoms with Crippen LogP contribution < -0.4 is 9.44 Å². The Morgan fingerprint density at radius 1 is 1.30 bits per heavy atom. The number of hydrogen-bond acceptors (Lipinski definition) is 4. The Morgan fingerprint density at radius 2 is 1.95 bits per heavy atom. The number of rotatable bonds is 6. The summed E-state index contributed by atoms with van der Waals surface area (Å²) >= 11 is 0. The van der Waals surface area contributed by atoms with Crippen LogP contribution in [-0.2, 0) is 16.8 Å². The van der Waals surface area contributed by atoms with Crippen molar-refractivity contribution in [2.24, 2.45) is 0 Å². The summed E-state index contributed by atoms with van der Waals surface area (Å²) in [4.78, 5) is 14.0. The molecule has 1 aromatic rings. The van der Waals surface area contributed by atoms with E-state index in [1.54, 1.807) is 0 Å². The van der Waals surface area contributed by atoms with Crippen LogP contribution >= 0.6 is 0 Å². The molecule has 0 bridgehead atoms. The normalized spacial score (nSPS) is 12.3. The highest BCUT2D eigenvalue weighted by atomic mass is 32.2. The predicted molar refractivity (Wildman–Crippen MR) is 61.0 cm³/mol. The zero-order valence-electron chi connectivity index (χ0n) is 9.81. The van der Waals surface area contributed by atoms with Gasteiger partial charge in [-0.15, -0.1) is 0 Å². The summed E-state index contributed by atoms with van der Waals surface area (Å²) in [6, 6.07) is 2.44. The molecule has 0 fully saturated rings. The van der Waals surface area contributed by atoms with Gasteiger partial charge >= 0.3 is 12.1 Å². The average Bonchev–Trinajstić information content (AvgIpc) is 2.34. The number of carboxylic acid groups (broad SMARTS) is 1. The fraction of sp³-hybridized carbons (Fsp3) is 0.333. The maximum absolute atomic E-state index is 11.8. The Kier molecular flexibility index (Phi) is 5.03. The smallest absolute Gasteiger partial charge is 0.402 e. The van der Waals surface area contributed by atoms with Gasteiger partial charge in [-0.3, -0.25) is 0 Å². The molecule has 1 rings (SSSR count). The van der Waals surface area contributed by atoms with Crippen molar-refractivity contribution in [1.29, 1.82) is 0 Å². The standard InChI is InChI=1S/C9H10F3N3O4S/c10-9(11,12)5-15-20(18,19)14-4-6-1-2-7(8(16)17)13-3-6/h1-3,14-15H,4-5H2,(H,16,17). The Hall–Kier alpha value is -1.72. The second-order valence-corrected chi connectivity index (χ2v) is 5.20. The lowest BCUT2D eigenvalue weighted by atomic mass is 10.2. The highest BCUT2D eigenvalue weighted by Crippen LogP contribution is 2.12. The van der Waals surface area contributed by atoms with E-state index in [0.29, 0.717) is 5.56 Å². The van der Waals surface area contributed by atoms with Crippen LogP contribution in [0.15, 0.2) is 18.3 Å². The lowest BCUT2D eigenvalue weighted by molar-refractivity contribution is -0.121. The van der Waals surface area contributed by atoms with Crippen molar-refractivity contribution in [2.45, 2.75) is 12.7 Å². The Balaban J connectivity index is 2.56. The molecule has 0 aliphatic heterocycles. The van der Waals surface area contributed by atoms with E-state index in [1.165, 1.54) is 10.8 Å². The van der Waals surface area contributed by atoms with Gasteiger partial charge in [0.15, 0.2) is 0 Å². The van der Waals surface area contributed by atoms with Crippen LogP contribution in [0.4, 0.5) is 13.2 Å². The van der Waals surface area contributed by atoms with Crippen molar-refractivity contribution < 1.29 is 31.5 Å². The van der Waals surface area contributed by atoms with Gasteiger partial charge in [0.05, 0.1) is 0 Å². The molecule has 0 aromatic carbocycles. The molecule has 7 nitrogen and oxygen atoms in total. The lowest BCUT2D eigenvalue weighted by Gasteiger charge is -2.10. The van der Waals surface area contributed by atoms with E-state index in [0.717, 1.165) is 12.3 Å². The summed E-state index contributed by atoms with van der Waals surface area (Å²) in [6.45, 7) is -2.00. The molecular weight excluding hydrogens is 303 g/mol. The number of carboxylic acids is 1. The maximum Gasteiger partial charge on any atom is 0.402 e. The molecule has 0 unspecified atom stereocenters. The molecule has 3 N–H and O–H groups in total. The summed E-state index contributed by atoms with van der Waals surface area (Å²) in [5, 5.41) is 8.59. The molecule has 20 heavy (non-hydrogen) atoms.